The van der Waals surface area contributed by atoms with Crippen LogP contribution in [0.15, 0.2) is 24.3 Å². The number of rotatable bonds is 4. The molecule has 1 aromatic carbocycles. The molecule has 0 aromatic heterocycles. The Hall–Kier alpha value is -1.06. The summed E-state index contributed by atoms with van der Waals surface area (Å²) in [7, 11) is 1.77. The Labute approximate surface area is 110 Å². The molecule has 1 atom stereocenters. The Morgan fingerprint density at radius 3 is 2.89 bits per heavy atom. The van der Waals surface area contributed by atoms with E-state index in [1.54, 1.807) is 7.11 Å². The molecule has 0 bridgehead atoms. The van der Waals surface area contributed by atoms with Gasteiger partial charge in [0.1, 0.15) is 0 Å². The summed E-state index contributed by atoms with van der Waals surface area (Å²) >= 11 is 0. The van der Waals surface area contributed by atoms with E-state index in [4.69, 9.17) is 4.74 Å². The van der Waals surface area contributed by atoms with Gasteiger partial charge in [0.05, 0.1) is 6.61 Å². The lowest BCUT2D eigenvalue weighted by Gasteiger charge is -2.29. The predicted octanol–water partition coefficient (Wildman–Crippen LogP) is 2.27. The lowest BCUT2D eigenvalue weighted by atomic mass is 10.0. The topological polar surface area (TPSA) is 24.5 Å². The molecule has 1 aromatic rings. The number of nitrogens with zero attached hydrogens (tertiary/aromatic N) is 1. The third-order valence-electron chi connectivity index (χ3n) is 3.67. The molecule has 100 valence electrons. The van der Waals surface area contributed by atoms with Gasteiger partial charge in [-0.25, -0.2) is 0 Å². The molecule has 1 N–H and O–H groups in total. The van der Waals surface area contributed by atoms with Gasteiger partial charge in [-0.2, -0.15) is 0 Å². The summed E-state index contributed by atoms with van der Waals surface area (Å²) in [6.07, 6.45) is 0. The molecule has 0 radical (unpaired) electrons. The van der Waals surface area contributed by atoms with Crippen LogP contribution in [0.3, 0.4) is 0 Å². The Kier molecular flexibility index (Phi) is 4.61. The zero-order valence-corrected chi connectivity index (χ0v) is 11.6. The number of methoxy groups -OCH3 is 1. The van der Waals surface area contributed by atoms with Crippen molar-refractivity contribution in [2.45, 2.75) is 26.4 Å². The summed E-state index contributed by atoms with van der Waals surface area (Å²) in [5, 5.41) is 3.66. The van der Waals surface area contributed by atoms with Gasteiger partial charge in [-0.05, 0) is 17.5 Å². The largest absolute Gasteiger partial charge is 0.383 e. The number of para-hydroxylation sites is 1. The molecule has 0 saturated carbocycles. The fraction of sp³-hybridized carbons (Fsp3) is 0.600. The summed E-state index contributed by atoms with van der Waals surface area (Å²) in [5.74, 6) is 0.643. The maximum absolute atomic E-state index is 5.23. The van der Waals surface area contributed by atoms with Gasteiger partial charge in [-0.3, -0.25) is 0 Å². The van der Waals surface area contributed by atoms with Gasteiger partial charge in [0.2, 0.25) is 0 Å². The van der Waals surface area contributed by atoms with Gasteiger partial charge < -0.3 is 15.0 Å². The highest BCUT2D eigenvalue weighted by Crippen LogP contribution is 2.24. The van der Waals surface area contributed by atoms with Crippen molar-refractivity contribution in [3.05, 3.63) is 29.8 Å². The van der Waals surface area contributed by atoms with Gasteiger partial charge in [-0.15, -0.1) is 0 Å². The predicted molar refractivity (Wildman–Crippen MR) is 76.0 cm³/mol. The molecule has 0 spiro atoms. The zero-order valence-electron chi connectivity index (χ0n) is 11.6. The third kappa shape index (κ3) is 3.03. The zero-order chi connectivity index (χ0) is 13.0. The number of benzene rings is 1. The minimum absolute atomic E-state index is 0.536. The van der Waals surface area contributed by atoms with Crippen LogP contribution in [-0.4, -0.2) is 32.8 Å². The number of fused-ring (bicyclic) bond motifs is 1. The quantitative estimate of drug-likeness (QED) is 0.884. The van der Waals surface area contributed by atoms with Crippen LogP contribution in [0, 0.1) is 5.92 Å². The monoisotopic (exact) mass is 248 g/mol. The highest BCUT2D eigenvalue weighted by atomic mass is 16.5. The number of anilines is 1. The normalized spacial score (nSPS) is 19.8. The van der Waals surface area contributed by atoms with Crippen molar-refractivity contribution in [1.29, 1.82) is 0 Å². The fourth-order valence-corrected chi connectivity index (χ4v) is 2.47. The maximum atomic E-state index is 5.23. The maximum Gasteiger partial charge on any atom is 0.0637 e. The number of ether oxygens (including phenoxy) is 1. The molecular weight excluding hydrogens is 224 g/mol. The Balaban J connectivity index is 2.21. The Bertz CT molecular complexity index is 379. The number of hydrogen-bond acceptors (Lipinski definition) is 3. The molecule has 0 saturated heterocycles. The molecule has 1 aliphatic rings. The first-order chi connectivity index (χ1) is 8.72. The van der Waals surface area contributed by atoms with E-state index >= 15 is 0 Å². The van der Waals surface area contributed by atoms with E-state index in [0.717, 1.165) is 26.2 Å². The lowest BCUT2D eigenvalue weighted by Crippen LogP contribution is -2.42. The summed E-state index contributed by atoms with van der Waals surface area (Å²) in [6, 6.07) is 9.20. The van der Waals surface area contributed by atoms with E-state index in [0.29, 0.717) is 12.0 Å². The first kappa shape index (κ1) is 13.4. The average molecular weight is 248 g/mol. The van der Waals surface area contributed by atoms with Gasteiger partial charge in [0, 0.05) is 38.5 Å². The van der Waals surface area contributed by atoms with Crippen LogP contribution in [0.1, 0.15) is 19.4 Å². The van der Waals surface area contributed by atoms with Crippen molar-refractivity contribution >= 4 is 5.69 Å². The van der Waals surface area contributed by atoms with Gasteiger partial charge >= 0.3 is 0 Å². The van der Waals surface area contributed by atoms with Crippen molar-refractivity contribution in [3.63, 3.8) is 0 Å². The van der Waals surface area contributed by atoms with Crippen LogP contribution in [0.25, 0.3) is 0 Å². The van der Waals surface area contributed by atoms with E-state index in [1.165, 1.54) is 11.3 Å². The minimum Gasteiger partial charge on any atom is -0.383 e. The van der Waals surface area contributed by atoms with Crippen LogP contribution in [0.5, 0.6) is 0 Å². The van der Waals surface area contributed by atoms with Gasteiger partial charge in [0.25, 0.3) is 0 Å². The molecule has 1 aliphatic heterocycles. The van der Waals surface area contributed by atoms with Crippen molar-refractivity contribution in [2.24, 2.45) is 5.92 Å². The van der Waals surface area contributed by atoms with Crippen LogP contribution in [0.4, 0.5) is 5.69 Å². The van der Waals surface area contributed by atoms with E-state index in [9.17, 15) is 0 Å². The number of nitrogens with one attached hydrogen (secondary N) is 1. The number of hydrogen-bond donors (Lipinski definition) is 1. The average Bonchev–Trinajstić information content (AvgIpc) is 2.56. The fourth-order valence-electron chi connectivity index (χ4n) is 2.47. The van der Waals surface area contributed by atoms with Crippen LogP contribution in [0.2, 0.25) is 0 Å². The molecule has 0 amide bonds. The molecule has 1 heterocycles. The van der Waals surface area contributed by atoms with Gasteiger partial charge in [0.15, 0.2) is 0 Å². The highest BCUT2D eigenvalue weighted by Gasteiger charge is 2.22. The van der Waals surface area contributed by atoms with Crippen molar-refractivity contribution in [3.8, 4) is 0 Å². The van der Waals surface area contributed by atoms with Crippen LogP contribution in [-0.2, 0) is 11.3 Å². The molecule has 2 rings (SSSR count). The van der Waals surface area contributed by atoms with Crippen LogP contribution < -0.4 is 10.2 Å². The second-order valence-corrected chi connectivity index (χ2v) is 5.30. The van der Waals surface area contributed by atoms with Crippen molar-refractivity contribution in [2.75, 3.05) is 31.7 Å². The lowest BCUT2D eigenvalue weighted by molar-refractivity contribution is 0.204. The van der Waals surface area contributed by atoms with E-state index in [-0.39, 0.29) is 0 Å². The summed E-state index contributed by atoms with van der Waals surface area (Å²) in [4.78, 5) is 2.45. The molecule has 0 fully saturated rings. The molecule has 18 heavy (non-hydrogen) atoms. The Morgan fingerprint density at radius 1 is 1.39 bits per heavy atom. The molecule has 3 nitrogen and oxygen atoms in total. The third-order valence-corrected chi connectivity index (χ3v) is 3.67. The standard InChI is InChI=1S/C15H24N2O/c1-12(2)14-11-17(8-9-18-3)15-7-5-4-6-13(15)10-16-14/h4-7,12,14,16H,8-11H2,1-3H3. The minimum atomic E-state index is 0.536. The molecular formula is C15H24N2O. The summed E-state index contributed by atoms with van der Waals surface area (Å²) in [5.41, 5.74) is 2.74. The van der Waals surface area contributed by atoms with E-state index in [1.807, 2.05) is 0 Å². The second-order valence-electron chi connectivity index (χ2n) is 5.30. The van der Waals surface area contributed by atoms with Crippen LogP contribution >= 0.6 is 0 Å². The van der Waals surface area contributed by atoms with E-state index in [2.05, 4.69) is 48.3 Å². The summed E-state index contributed by atoms with van der Waals surface area (Å²) in [6.45, 7) is 8.31. The smallest absolute Gasteiger partial charge is 0.0637 e. The summed E-state index contributed by atoms with van der Waals surface area (Å²) < 4.78 is 5.23. The SMILES string of the molecule is COCCN1CC(C(C)C)NCc2ccccc21. The van der Waals surface area contributed by atoms with E-state index < -0.39 is 0 Å². The highest BCUT2D eigenvalue weighted by molar-refractivity contribution is 5.54. The molecule has 1 unspecified atom stereocenters. The van der Waals surface area contributed by atoms with Crippen molar-refractivity contribution < 1.29 is 4.74 Å². The van der Waals surface area contributed by atoms with Gasteiger partial charge in [-0.1, -0.05) is 32.0 Å². The molecule has 3 heteroatoms. The first-order valence-corrected chi connectivity index (χ1v) is 6.77. The van der Waals surface area contributed by atoms with Crippen molar-refractivity contribution in [1.82, 2.24) is 5.32 Å². The molecule has 0 aliphatic carbocycles. The first-order valence-electron chi connectivity index (χ1n) is 6.77. The Morgan fingerprint density at radius 2 is 2.17 bits per heavy atom. The second kappa shape index (κ2) is 6.21.